The predicted molar refractivity (Wildman–Crippen MR) is 132 cm³/mol. The molecule has 0 bridgehead atoms. The quantitative estimate of drug-likeness (QED) is 0.361. The SMILES string of the molecule is CCc1ccc(C(C)NC(=O)CSc2nnc(-c3cccnc3)n2Cc2ccccc2)cc1. The van der Waals surface area contributed by atoms with Crippen LogP contribution in [0.3, 0.4) is 0 Å². The first kappa shape index (κ1) is 22.7. The molecule has 1 amide bonds. The van der Waals surface area contributed by atoms with E-state index in [1.54, 1.807) is 12.4 Å². The summed E-state index contributed by atoms with van der Waals surface area (Å²) in [4.78, 5) is 16.9. The highest BCUT2D eigenvalue weighted by molar-refractivity contribution is 7.99. The Morgan fingerprint density at radius 1 is 1.00 bits per heavy atom. The molecule has 1 unspecified atom stereocenters. The van der Waals surface area contributed by atoms with Crippen LogP contribution in [-0.2, 0) is 17.8 Å². The number of amides is 1. The molecular formula is C26H27N5OS. The third-order valence-corrected chi connectivity index (χ3v) is 6.38. The molecule has 0 spiro atoms. The van der Waals surface area contributed by atoms with Gasteiger partial charge >= 0.3 is 0 Å². The van der Waals surface area contributed by atoms with Crippen molar-refractivity contribution >= 4 is 17.7 Å². The van der Waals surface area contributed by atoms with Crippen molar-refractivity contribution in [2.75, 3.05) is 5.75 Å². The van der Waals surface area contributed by atoms with E-state index in [0.717, 1.165) is 28.9 Å². The average Bonchev–Trinajstić information content (AvgIpc) is 3.26. The van der Waals surface area contributed by atoms with Crippen LogP contribution in [0.2, 0.25) is 0 Å². The van der Waals surface area contributed by atoms with Crippen LogP contribution in [0.15, 0.2) is 84.3 Å². The van der Waals surface area contributed by atoms with Gasteiger partial charge in [-0.2, -0.15) is 0 Å². The largest absolute Gasteiger partial charge is 0.349 e. The first-order valence-electron chi connectivity index (χ1n) is 11.0. The second kappa shape index (κ2) is 10.9. The molecule has 1 N–H and O–H groups in total. The molecule has 33 heavy (non-hydrogen) atoms. The lowest BCUT2D eigenvalue weighted by molar-refractivity contribution is -0.119. The van der Waals surface area contributed by atoms with E-state index in [-0.39, 0.29) is 17.7 Å². The van der Waals surface area contributed by atoms with E-state index < -0.39 is 0 Å². The average molecular weight is 458 g/mol. The lowest BCUT2D eigenvalue weighted by atomic mass is 10.1. The zero-order valence-corrected chi connectivity index (χ0v) is 19.6. The molecule has 2 heterocycles. The predicted octanol–water partition coefficient (Wildman–Crippen LogP) is 4.92. The maximum absolute atomic E-state index is 12.7. The molecule has 7 heteroatoms. The van der Waals surface area contributed by atoms with Gasteiger partial charge in [0.2, 0.25) is 5.91 Å². The topological polar surface area (TPSA) is 72.7 Å². The van der Waals surface area contributed by atoms with Crippen LogP contribution in [0.5, 0.6) is 0 Å². The zero-order chi connectivity index (χ0) is 23.0. The van der Waals surface area contributed by atoms with E-state index in [0.29, 0.717) is 11.7 Å². The van der Waals surface area contributed by atoms with Crippen molar-refractivity contribution in [2.45, 2.75) is 38.0 Å². The van der Waals surface area contributed by atoms with E-state index >= 15 is 0 Å². The van der Waals surface area contributed by atoms with Crippen molar-refractivity contribution in [3.05, 3.63) is 95.8 Å². The van der Waals surface area contributed by atoms with Gasteiger partial charge < -0.3 is 5.32 Å². The lowest BCUT2D eigenvalue weighted by Gasteiger charge is -2.15. The standard InChI is InChI=1S/C26H27N5OS/c1-3-20-11-13-22(14-12-20)19(2)28-24(32)18-33-26-30-29-25(23-10-7-15-27-16-23)31(26)17-21-8-5-4-6-9-21/h4-16,19H,3,17-18H2,1-2H3,(H,28,32). The number of carbonyl (C=O) groups is 1. The van der Waals surface area contributed by atoms with Crippen LogP contribution in [0, 0.1) is 0 Å². The molecule has 0 fully saturated rings. The number of nitrogens with zero attached hydrogens (tertiary/aromatic N) is 4. The fourth-order valence-corrected chi connectivity index (χ4v) is 4.30. The highest BCUT2D eigenvalue weighted by Gasteiger charge is 2.17. The molecule has 168 valence electrons. The first-order chi connectivity index (χ1) is 16.1. The summed E-state index contributed by atoms with van der Waals surface area (Å²) < 4.78 is 2.04. The van der Waals surface area contributed by atoms with Gasteiger partial charge in [-0.1, -0.05) is 73.3 Å². The van der Waals surface area contributed by atoms with Crippen LogP contribution < -0.4 is 5.32 Å². The van der Waals surface area contributed by atoms with E-state index in [4.69, 9.17) is 0 Å². The summed E-state index contributed by atoms with van der Waals surface area (Å²) in [6, 6.07) is 22.3. The Balaban J connectivity index is 1.46. The molecule has 0 saturated carbocycles. The number of nitrogens with one attached hydrogen (secondary N) is 1. The van der Waals surface area contributed by atoms with Crippen molar-refractivity contribution in [3.8, 4) is 11.4 Å². The highest BCUT2D eigenvalue weighted by atomic mass is 32.2. The molecule has 4 rings (SSSR count). The molecule has 0 aliphatic heterocycles. The monoisotopic (exact) mass is 457 g/mol. The lowest BCUT2D eigenvalue weighted by Crippen LogP contribution is -2.28. The second-order valence-electron chi connectivity index (χ2n) is 7.79. The third-order valence-electron chi connectivity index (χ3n) is 5.42. The molecule has 0 saturated heterocycles. The highest BCUT2D eigenvalue weighted by Crippen LogP contribution is 2.25. The van der Waals surface area contributed by atoms with Crippen LogP contribution in [0.25, 0.3) is 11.4 Å². The summed E-state index contributed by atoms with van der Waals surface area (Å²) in [5.41, 5.74) is 4.41. The molecular weight excluding hydrogens is 430 g/mol. The summed E-state index contributed by atoms with van der Waals surface area (Å²) >= 11 is 1.39. The molecule has 2 aromatic heterocycles. The van der Waals surface area contributed by atoms with Gasteiger partial charge in [0, 0.05) is 18.0 Å². The van der Waals surface area contributed by atoms with Crippen LogP contribution in [0.4, 0.5) is 0 Å². The van der Waals surface area contributed by atoms with Crippen molar-refractivity contribution in [3.63, 3.8) is 0 Å². The van der Waals surface area contributed by atoms with E-state index in [1.807, 2.05) is 41.8 Å². The first-order valence-corrected chi connectivity index (χ1v) is 12.0. The Bertz CT molecular complexity index is 1180. The maximum atomic E-state index is 12.7. The number of hydrogen-bond donors (Lipinski definition) is 1. The summed E-state index contributed by atoms with van der Waals surface area (Å²) in [6.07, 6.45) is 4.51. The van der Waals surface area contributed by atoms with Crippen LogP contribution >= 0.6 is 11.8 Å². The van der Waals surface area contributed by atoms with Crippen molar-refractivity contribution < 1.29 is 4.79 Å². The Kier molecular flexibility index (Phi) is 7.52. The van der Waals surface area contributed by atoms with Gasteiger partial charge in [0.1, 0.15) is 0 Å². The summed E-state index contributed by atoms with van der Waals surface area (Å²) in [5, 5.41) is 12.6. The summed E-state index contributed by atoms with van der Waals surface area (Å²) in [6.45, 7) is 4.75. The van der Waals surface area contributed by atoms with Gasteiger partial charge in [0.25, 0.3) is 0 Å². The fourth-order valence-electron chi connectivity index (χ4n) is 3.55. The molecule has 6 nitrogen and oxygen atoms in total. The van der Waals surface area contributed by atoms with Gasteiger partial charge in [-0.15, -0.1) is 10.2 Å². The molecule has 2 aromatic carbocycles. The molecule has 1 atom stereocenters. The van der Waals surface area contributed by atoms with E-state index in [1.165, 1.54) is 17.3 Å². The van der Waals surface area contributed by atoms with Crippen LogP contribution in [-0.4, -0.2) is 31.4 Å². The summed E-state index contributed by atoms with van der Waals surface area (Å²) in [5.74, 6) is 0.959. The summed E-state index contributed by atoms with van der Waals surface area (Å²) in [7, 11) is 0. The van der Waals surface area contributed by atoms with Crippen molar-refractivity contribution in [1.82, 2.24) is 25.1 Å². The number of carbonyl (C=O) groups excluding carboxylic acids is 1. The number of benzene rings is 2. The number of hydrogen-bond acceptors (Lipinski definition) is 5. The number of rotatable bonds is 9. The number of aryl methyl sites for hydroxylation is 1. The Labute approximate surface area is 198 Å². The molecule has 0 aliphatic carbocycles. The van der Waals surface area contributed by atoms with Crippen LogP contribution in [0.1, 0.15) is 36.6 Å². The minimum Gasteiger partial charge on any atom is -0.349 e. The van der Waals surface area contributed by atoms with E-state index in [2.05, 4.69) is 63.8 Å². The smallest absolute Gasteiger partial charge is 0.230 e. The minimum atomic E-state index is -0.0582. The van der Waals surface area contributed by atoms with Gasteiger partial charge in [0.05, 0.1) is 18.3 Å². The molecule has 0 aliphatic rings. The van der Waals surface area contributed by atoms with Crippen molar-refractivity contribution in [1.29, 1.82) is 0 Å². The maximum Gasteiger partial charge on any atom is 0.230 e. The number of thioether (sulfide) groups is 1. The Morgan fingerprint density at radius 3 is 2.48 bits per heavy atom. The van der Waals surface area contributed by atoms with Crippen molar-refractivity contribution in [2.24, 2.45) is 0 Å². The minimum absolute atomic E-state index is 0.0377. The zero-order valence-electron chi connectivity index (χ0n) is 18.8. The Morgan fingerprint density at radius 2 is 1.79 bits per heavy atom. The van der Waals surface area contributed by atoms with Gasteiger partial charge in [-0.05, 0) is 42.2 Å². The number of aromatic nitrogens is 4. The van der Waals surface area contributed by atoms with Gasteiger partial charge in [0.15, 0.2) is 11.0 Å². The normalized spacial score (nSPS) is 11.8. The third kappa shape index (κ3) is 5.87. The molecule has 4 aromatic rings. The van der Waals surface area contributed by atoms with E-state index in [9.17, 15) is 4.79 Å². The Hall–Kier alpha value is -3.45. The number of pyridine rings is 1. The second-order valence-corrected chi connectivity index (χ2v) is 8.74. The van der Waals surface area contributed by atoms with Gasteiger partial charge in [-0.25, -0.2) is 0 Å². The molecule has 0 radical (unpaired) electrons. The van der Waals surface area contributed by atoms with Gasteiger partial charge in [-0.3, -0.25) is 14.3 Å². The fraction of sp³-hybridized carbons (Fsp3) is 0.231.